The van der Waals surface area contributed by atoms with Crippen LogP contribution in [0.5, 0.6) is 0 Å². The van der Waals surface area contributed by atoms with Gasteiger partial charge in [-0.2, -0.15) is 5.10 Å². The van der Waals surface area contributed by atoms with Gasteiger partial charge in [-0.05, 0) is 34.9 Å². The number of anilines is 1. The molecule has 3 aromatic heterocycles. The van der Waals surface area contributed by atoms with E-state index >= 15 is 0 Å². The molecule has 0 radical (unpaired) electrons. The van der Waals surface area contributed by atoms with Gasteiger partial charge < -0.3 is 5.73 Å². The number of nitrogen functional groups attached to an aromatic ring is 1. The largest absolute Gasteiger partial charge is 0.381 e. The second-order valence-corrected chi connectivity index (χ2v) is 8.66. The van der Waals surface area contributed by atoms with Crippen molar-refractivity contribution in [2.75, 3.05) is 5.73 Å². The van der Waals surface area contributed by atoms with Crippen molar-refractivity contribution in [1.82, 2.24) is 19.7 Å². The summed E-state index contributed by atoms with van der Waals surface area (Å²) < 4.78 is 30.3. The summed E-state index contributed by atoms with van der Waals surface area (Å²) >= 11 is 0. The van der Waals surface area contributed by atoms with Crippen molar-refractivity contribution in [1.29, 1.82) is 0 Å². The summed E-state index contributed by atoms with van der Waals surface area (Å²) in [6, 6.07) is 34.0. The number of benzene rings is 3. The van der Waals surface area contributed by atoms with Gasteiger partial charge in [0, 0.05) is 0 Å². The molecule has 37 heavy (non-hydrogen) atoms. The molecule has 0 saturated heterocycles. The number of hydrogen-bond acceptors (Lipinski definition) is 4. The van der Waals surface area contributed by atoms with Crippen LogP contribution in [0.25, 0.3) is 22.4 Å². The molecular formula is C30H21F2N5. The summed E-state index contributed by atoms with van der Waals surface area (Å²) in [4.78, 5) is 8.71. The first-order chi connectivity index (χ1) is 18.1. The minimum Gasteiger partial charge on any atom is -0.381 e. The van der Waals surface area contributed by atoms with Gasteiger partial charge in [-0.1, -0.05) is 91.0 Å². The van der Waals surface area contributed by atoms with E-state index < -0.39 is 17.2 Å². The first-order valence-corrected chi connectivity index (χ1v) is 11.7. The number of fused-ring (bicyclic) bond motifs is 1. The Kier molecular flexibility index (Phi) is 5.45. The monoisotopic (exact) mass is 489 g/mol. The average molecular weight is 490 g/mol. The highest BCUT2D eigenvalue weighted by Crippen LogP contribution is 2.43. The Balaban J connectivity index is 1.79. The second kappa shape index (κ2) is 8.95. The molecule has 0 aliphatic heterocycles. The molecule has 2 N–H and O–H groups in total. The van der Waals surface area contributed by atoms with Crippen molar-refractivity contribution in [2.45, 2.75) is 5.54 Å². The Labute approximate surface area is 211 Å². The van der Waals surface area contributed by atoms with Crippen molar-refractivity contribution in [2.24, 2.45) is 0 Å². The summed E-state index contributed by atoms with van der Waals surface area (Å²) in [6.45, 7) is 0. The Morgan fingerprint density at radius 1 is 0.703 bits per heavy atom. The molecule has 0 aliphatic carbocycles. The van der Waals surface area contributed by atoms with Crippen LogP contribution >= 0.6 is 0 Å². The molecule has 0 unspecified atom stereocenters. The Morgan fingerprint density at radius 2 is 1.24 bits per heavy atom. The van der Waals surface area contributed by atoms with Crippen LogP contribution in [0.3, 0.4) is 0 Å². The van der Waals surface area contributed by atoms with E-state index in [2.05, 4.69) is 9.97 Å². The quantitative estimate of drug-likeness (QED) is 0.293. The number of rotatable bonds is 5. The van der Waals surface area contributed by atoms with Crippen LogP contribution in [0, 0.1) is 11.6 Å². The maximum absolute atomic E-state index is 14.5. The predicted octanol–water partition coefficient (Wildman–Crippen LogP) is 6.19. The third-order valence-corrected chi connectivity index (χ3v) is 6.50. The number of nitrogens with zero attached hydrogens (tertiary/aromatic N) is 4. The number of hydrogen-bond donors (Lipinski definition) is 1. The molecule has 0 spiro atoms. The van der Waals surface area contributed by atoms with E-state index in [1.807, 2.05) is 91.0 Å². The van der Waals surface area contributed by atoms with E-state index in [0.29, 0.717) is 22.4 Å². The summed E-state index contributed by atoms with van der Waals surface area (Å²) in [5.74, 6) is -1.41. The van der Waals surface area contributed by atoms with Crippen LogP contribution in [0.4, 0.5) is 14.6 Å². The maximum Gasteiger partial charge on any atom is 0.165 e. The van der Waals surface area contributed by atoms with Crippen molar-refractivity contribution < 1.29 is 8.78 Å². The summed E-state index contributed by atoms with van der Waals surface area (Å²) in [5, 5.41) is 5.46. The van der Waals surface area contributed by atoms with E-state index in [1.54, 1.807) is 4.68 Å². The van der Waals surface area contributed by atoms with Crippen molar-refractivity contribution in [3.63, 3.8) is 0 Å². The first kappa shape index (κ1) is 22.5. The van der Waals surface area contributed by atoms with Crippen LogP contribution in [0.2, 0.25) is 0 Å². The van der Waals surface area contributed by atoms with Crippen molar-refractivity contribution in [3.05, 3.63) is 144 Å². The third kappa shape index (κ3) is 3.63. The number of nitrogens with two attached hydrogens (primary N) is 1. The van der Waals surface area contributed by atoms with E-state index in [-0.39, 0.29) is 5.82 Å². The highest BCUT2D eigenvalue weighted by atomic mass is 19.1. The molecule has 3 aromatic carbocycles. The van der Waals surface area contributed by atoms with Crippen LogP contribution in [0.15, 0.2) is 115 Å². The summed E-state index contributed by atoms with van der Waals surface area (Å²) in [5.41, 5.74) is 8.71. The molecular weight excluding hydrogens is 468 g/mol. The average Bonchev–Trinajstić information content (AvgIpc) is 3.31. The highest BCUT2D eigenvalue weighted by molar-refractivity contribution is 5.91. The molecule has 0 atom stereocenters. The van der Waals surface area contributed by atoms with Gasteiger partial charge in [0.1, 0.15) is 17.1 Å². The van der Waals surface area contributed by atoms with Gasteiger partial charge in [0.2, 0.25) is 0 Å². The zero-order valence-corrected chi connectivity index (χ0v) is 19.6. The summed E-state index contributed by atoms with van der Waals surface area (Å²) in [6.07, 6.45) is 1.17. The molecule has 0 saturated carbocycles. The number of halogens is 2. The smallest absolute Gasteiger partial charge is 0.165 e. The molecule has 7 heteroatoms. The Morgan fingerprint density at radius 3 is 1.76 bits per heavy atom. The fourth-order valence-corrected chi connectivity index (χ4v) is 4.89. The molecule has 5 nitrogen and oxygen atoms in total. The van der Waals surface area contributed by atoms with Crippen molar-refractivity contribution in [3.8, 4) is 11.4 Å². The SMILES string of the molecule is Nc1nc(-c2nn(C(c3ccccc3)(c3ccccc3)c3ccccc3)c3ncc(F)cc23)ccc1F. The zero-order chi connectivity index (χ0) is 25.4. The normalized spacial score (nSPS) is 11.6. The second-order valence-electron chi connectivity index (χ2n) is 8.66. The maximum atomic E-state index is 14.5. The Hall–Kier alpha value is -4.91. The van der Waals surface area contributed by atoms with E-state index in [0.717, 1.165) is 16.7 Å². The molecule has 0 amide bonds. The van der Waals surface area contributed by atoms with Gasteiger partial charge >= 0.3 is 0 Å². The van der Waals surface area contributed by atoms with Crippen LogP contribution in [0.1, 0.15) is 16.7 Å². The molecule has 3 heterocycles. The Bertz CT molecular complexity index is 1600. The fourth-order valence-electron chi connectivity index (χ4n) is 4.89. The van der Waals surface area contributed by atoms with E-state index in [4.69, 9.17) is 10.8 Å². The topological polar surface area (TPSA) is 69.6 Å². The highest BCUT2D eigenvalue weighted by Gasteiger charge is 2.41. The van der Waals surface area contributed by atoms with Crippen LogP contribution in [-0.4, -0.2) is 19.7 Å². The lowest BCUT2D eigenvalue weighted by molar-refractivity contribution is 0.473. The van der Waals surface area contributed by atoms with Gasteiger partial charge in [-0.15, -0.1) is 0 Å². The van der Waals surface area contributed by atoms with Gasteiger partial charge in [-0.3, -0.25) is 0 Å². The molecule has 6 rings (SSSR count). The molecule has 0 bridgehead atoms. The van der Waals surface area contributed by atoms with Crippen molar-refractivity contribution >= 4 is 16.9 Å². The van der Waals surface area contributed by atoms with Gasteiger partial charge in [0.05, 0.1) is 17.3 Å². The fraction of sp³-hybridized carbons (Fsp3) is 0.0333. The minimum absolute atomic E-state index is 0.259. The van der Waals surface area contributed by atoms with Crippen LogP contribution in [-0.2, 0) is 5.54 Å². The lowest BCUT2D eigenvalue weighted by Gasteiger charge is -2.36. The molecule has 0 aliphatic rings. The standard InChI is InChI=1S/C30H21F2N5/c31-23-18-24-27(26-17-16-25(32)28(33)35-26)36-37(29(24)34-19-23)30(20-10-4-1-5-11-20,21-12-6-2-7-13-21)22-14-8-3-9-15-22/h1-19H,(H2,33,35). The van der Waals surface area contributed by atoms with Gasteiger partial charge in [0.15, 0.2) is 17.3 Å². The summed E-state index contributed by atoms with van der Waals surface area (Å²) in [7, 11) is 0. The van der Waals surface area contributed by atoms with Gasteiger partial charge in [-0.25, -0.2) is 23.4 Å². The lowest BCUT2D eigenvalue weighted by atomic mass is 9.77. The zero-order valence-electron chi connectivity index (χ0n) is 19.6. The number of pyridine rings is 2. The molecule has 6 aromatic rings. The molecule has 0 fully saturated rings. The minimum atomic E-state index is -0.976. The third-order valence-electron chi connectivity index (χ3n) is 6.50. The predicted molar refractivity (Wildman–Crippen MR) is 140 cm³/mol. The first-order valence-electron chi connectivity index (χ1n) is 11.7. The number of aromatic nitrogens is 4. The lowest BCUT2D eigenvalue weighted by Crippen LogP contribution is -2.38. The molecule has 180 valence electrons. The van der Waals surface area contributed by atoms with E-state index in [1.165, 1.54) is 24.4 Å². The van der Waals surface area contributed by atoms with Crippen LogP contribution < -0.4 is 5.73 Å². The van der Waals surface area contributed by atoms with Gasteiger partial charge in [0.25, 0.3) is 0 Å². The van der Waals surface area contributed by atoms with E-state index in [9.17, 15) is 8.78 Å².